The van der Waals surface area contributed by atoms with E-state index in [4.69, 9.17) is 14.2 Å². The van der Waals surface area contributed by atoms with Crippen LogP contribution in [-0.4, -0.2) is 59.5 Å². The molecule has 1 aliphatic rings. The second kappa shape index (κ2) is 15.2. The first-order valence-corrected chi connectivity index (χ1v) is 15.7. The van der Waals surface area contributed by atoms with Crippen LogP contribution >= 0.6 is 11.3 Å². The summed E-state index contributed by atoms with van der Waals surface area (Å²) in [4.78, 5) is 38.9. The molecule has 0 radical (unpaired) electrons. The highest BCUT2D eigenvalue weighted by Crippen LogP contribution is 2.32. The number of aliphatic imine (C=N–C) groups is 1. The van der Waals surface area contributed by atoms with E-state index in [1.807, 2.05) is 96.9 Å². The number of carbonyl (C=O) groups excluding carboxylic acids is 2. The smallest absolute Gasteiger partial charge is 0.421 e. The topological polar surface area (TPSA) is 93.6 Å². The minimum Gasteiger partial charge on any atom is -0.497 e. The molecule has 45 heavy (non-hydrogen) atoms. The van der Waals surface area contributed by atoms with Crippen LogP contribution in [0.15, 0.2) is 101 Å². The van der Waals surface area contributed by atoms with Crippen molar-refractivity contribution in [3.8, 4) is 11.5 Å². The Bertz CT molecular complexity index is 1620. The molecule has 1 aliphatic heterocycles. The first-order chi connectivity index (χ1) is 22.0. The fourth-order valence-corrected chi connectivity index (χ4v) is 5.40. The van der Waals surface area contributed by atoms with E-state index in [0.717, 1.165) is 35.3 Å². The molecule has 1 saturated heterocycles. The second-order valence-electron chi connectivity index (χ2n) is 10.4. The maximum Gasteiger partial charge on any atom is 0.421 e. The van der Waals surface area contributed by atoms with Gasteiger partial charge in [0.1, 0.15) is 18.1 Å². The van der Waals surface area contributed by atoms with Crippen molar-refractivity contribution in [3.63, 3.8) is 0 Å². The molecular weight excluding hydrogens is 588 g/mol. The van der Waals surface area contributed by atoms with Crippen molar-refractivity contribution in [2.24, 2.45) is 4.99 Å². The summed E-state index contributed by atoms with van der Waals surface area (Å²) in [5.41, 5.74) is 3.33. The van der Waals surface area contributed by atoms with Crippen molar-refractivity contribution < 1.29 is 23.8 Å². The van der Waals surface area contributed by atoms with Crippen molar-refractivity contribution in [1.82, 2.24) is 14.8 Å². The van der Waals surface area contributed by atoms with Crippen LogP contribution in [0.1, 0.15) is 46.3 Å². The van der Waals surface area contributed by atoms with Gasteiger partial charge in [0, 0.05) is 18.6 Å². The zero-order chi connectivity index (χ0) is 31.6. The predicted molar refractivity (Wildman–Crippen MR) is 175 cm³/mol. The molecule has 5 rings (SSSR count). The van der Waals surface area contributed by atoms with Crippen molar-refractivity contribution in [2.45, 2.75) is 38.8 Å². The number of likely N-dealkylation sites (N-methyl/N-ethyl adjacent to an activating group) is 1. The molecule has 3 aromatic carbocycles. The highest BCUT2D eigenvalue weighted by molar-refractivity contribution is 7.11. The predicted octanol–water partition coefficient (Wildman–Crippen LogP) is 7.06. The van der Waals surface area contributed by atoms with Crippen molar-refractivity contribution in [2.75, 3.05) is 20.8 Å². The van der Waals surface area contributed by atoms with E-state index in [0.29, 0.717) is 24.5 Å². The third-order valence-electron chi connectivity index (χ3n) is 7.34. The first-order valence-electron chi connectivity index (χ1n) is 14.8. The number of amides is 2. The molecule has 0 spiro atoms. The first kappa shape index (κ1) is 31.5. The summed E-state index contributed by atoms with van der Waals surface area (Å²) in [7, 11) is 3.44. The van der Waals surface area contributed by atoms with Crippen LogP contribution in [0.3, 0.4) is 0 Å². The third-order valence-corrected chi connectivity index (χ3v) is 8.10. The molecule has 0 bridgehead atoms. The van der Waals surface area contributed by atoms with Crippen molar-refractivity contribution in [3.05, 3.63) is 118 Å². The lowest BCUT2D eigenvalue weighted by atomic mass is 10.0. The Labute approximate surface area is 267 Å². The third kappa shape index (κ3) is 7.96. The number of guanidine groups is 1. The summed E-state index contributed by atoms with van der Waals surface area (Å²) >= 11 is 1.19. The van der Waals surface area contributed by atoms with Gasteiger partial charge in [0.2, 0.25) is 5.96 Å². The van der Waals surface area contributed by atoms with Crippen molar-refractivity contribution in [1.29, 1.82) is 0 Å². The van der Waals surface area contributed by atoms with E-state index in [1.165, 1.54) is 16.2 Å². The Morgan fingerprint density at radius 3 is 2.38 bits per heavy atom. The summed E-state index contributed by atoms with van der Waals surface area (Å²) < 4.78 is 17.0. The molecule has 10 heteroatoms. The summed E-state index contributed by atoms with van der Waals surface area (Å²) in [6.07, 6.45) is 5.42. The summed E-state index contributed by atoms with van der Waals surface area (Å²) in [5.74, 6) is 1.15. The summed E-state index contributed by atoms with van der Waals surface area (Å²) in [6, 6.07) is 24.6. The minimum absolute atomic E-state index is 0.0631. The Kier molecular flexibility index (Phi) is 10.6. The number of hydrogen-bond donors (Lipinski definition) is 0. The fourth-order valence-electron chi connectivity index (χ4n) is 4.88. The number of hydrogen-bond acceptors (Lipinski definition) is 7. The molecule has 1 aromatic heterocycles. The number of nitrogens with zero attached hydrogens (tertiary/aromatic N) is 4. The van der Waals surface area contributed by atoms with E-state index in [-0.39, 0.29) is 23.6 Å². The van der Waals surface area contributed by atoms with Gasteiger partial charge in [0.15, 0.2) is 5.01 Å². The zero-order valence-corrected chi connectivity index (χ0v) is 26.4. The lowest BCUT2D eigenvalue weighted by Crippen LogP contribution is -2.37. The lowest BCUT2D eigenvalue weighted by molar-refractivity contribution is 0.0999. The molecule has 0 saturated carbocycles. The quantitative estimate of drug-likeness (QED) is 0.165. The van der Waals surface area contributed by atoms with Gasteiger partial charge in [0.25, 0.3) is 0 Å². The number of carbonyl (C=O) groups is 2. The number of thiazole rings is 1. The van der Waals surface area contributed by atoms with Gasteiger partial charge >= 0.3 is 12.0 Å². The maximum absolute atomic E-state index is 13.9. The lowest BCUT2D eigenvalue weighted by Gasteiger charge is -2.20. The fraction of sp³-hybridized carbons (Fsp3) is 0.257. The van der Waals surface area contributed by atoms with Gasteiger partial charge in [0.05, 0.1) is 25.5 Å². The summed E-state index contributed by atoms with van der Waals surface area (Å²) in [6.45, 7) is 2.86. The maximum atomic E-state index is 13.9. The zero-order valence-electron chi connectivity index (χ0n) is 25.6. The van der Waals surface area contributed by atoms with Gasteiger partial charge in [-0.1, -0.05) is 67.9 Å². The monoisotopic (exact) mass is 624 g/mol. The average Bonchev–Trinajstić information content (AvgIpc) is 3.70. The van der Waals surface area contributed by atoms with Gasteiger partial charge in [-0.05, 0) is 59.9 Å². The highest BCUT2D eigenvalue weighted by Gasteiger charge is 2.43. The average molecular weight is 625 g/mol. The number of benzene rings is 3. The molecule has 2 amide bonds. The van der Waals surface area contributed by atoms with Gasteiger partial charge in [-0.2, -0.15) is 4.99 Å². The van der Waals surface area contributed by atoms with Gasteiger partial charge in [-0.25, -0.2) is 14.7 Å². The second-order valence-corrected chi connectivity index (χ2v) is 11.3. The SMILES string of the molecule is CCCCOc1ccc(CC2/C(=C/c3ccc(OC)cc3)N(C(=O)OCc3ccccc3)/C(=N\C(=O)c3nccs3)N2C)cc1. The molecule has 2 heterocycles. The Balaban J connectivity index is 1.53. The highest BCUT2D eigenvalue weighted by atomic mass is 32.1. The normalized spacial score (nSPS) is 16.3. The molecule has 232 valence electrons. The van der Waals surface area contributed by atoms with Crippen LogP contribution in [0.5, 0.6) is 11.5 Å². The number of methoxy groups -OCH3 is 1. The molecule has 1 fully saturated rings. The standard InChI is InChI=1S/C35H36N4O5S/c1-4-5-20-43-29-17-13-25(14-18-29)22-30-31(23-26-11-15-28(42-3)16-12-26)39(35(41)44-24-27-9-7-6-8-10-27)34(38(30)2)37-32(40)33-36-19-21-45-33/h6-19,21,23,30H,4-5,20,22,24H2,1-3H3/b31-23-,37-34-. The molecule has 4 aromatic rings. The van der Waals surface area contributed by atoms with Crippen LogP contribution in [0.25, 0.3) is 6.08 Å². The molecule has 9 nitrogen and oxygen atoms in total. The van der Waals surface area contributed by atoms with Crippen molar-refractivity contribution >= 4 is 35.4 Å². The molecule has 0 aliphatic carbocycles. The van der Waals surface area contributed by atoms with E-state index in [9.17, 15) is 9.59 Å². The Morgan fingerprint density at radius 1 is 0.978 bits per heavy atom. The van der Waals surface area contributed by atoms with E-state index in [1.54, 1.807) is 18.7 Å². The van der Waals surface area contributed by atoms with Crippen LogP contribution in [0.4, 0.5) is 4.79 Å². The largest absolute Gasteiger partial charge is 0.497 e. The van der Waals surface area contributed by atoms with Gasteiger partial charge < -0.3 is 19.1 Å². The molecule has 1 unspecified atom stereocenters. The number of unbranched alkanes of at least 4 members (excludes halogenated alkanes) is 1. The molecule has 0 N–H and O–H groups in total. The number of rotatable bonds is 11. The van der Waals surface area contributed by atoms with Crippen LogP contribution in [0.2, 0.25) is 0 Å². The van der Waals surface area contributed by atoms with Crippen LogP contribution < -0.4 is 9.47 Å². The number of aromatic nitrogens is 1. The van der Waals surface area contributed by atoms with E-state index >= 15 is 0 Å². The molecular formula is C35H36N4O5S. The van der Waals surface area contributed by atoms with Gasteiger partial charge in [-0.15, -0.1) is 11.3 Å². The van der Waals surface area contributed by atoms with E-state index < -0.39 is 12.0 Å². The minimum atomic E-state index is -0.640. The Hall–Kier alpha value is -4.96. The van der Waals surface area contributed by atoms with Crippen LogP contribution in [0, 0.1) is 0 Å². The van der Waals surface area contributed by atoms with Gasteiger partial charge in [-0.3, -0.25) is 4.79 Å². The molecule has 1 atom stereocenters. The van der Waals surface area contributed by atoms with E-state index in [2.05, 4.69) is 16.9 Å². The number of ether oxygens (including phenoxy) is 3. The Morgan fingerprint density at radius 2 is 1.71 bits per heavy atom. The summed E-state index contributed by atoms with van der Waals surface area (Å²) in [5, 5.41) is 1.95. The van der Waals surface area contributed by atoms with Crippen LogP contribution in [-0.2, 0) is 17.8 Å².